The highest BCUT2D eigenvalue weighted by Gasteiger charge is 2.41. The Labute approximate surface area is 167 Å². The van der Waals surface area contributed by atoms with Crippen molar-refractivity contribution < 1.29 is 14.7 Å². The van der Waals surface area contributed by atoms with Crippen LogP contribution in [-0.2, 0) is 9.59 Å². The van der Waals surface area contributed by atoms with Crippen LogP contribution in [0.5, 0.6) is 0 Å². The van der Waals surface area contributed by atoms with Gasteiger partial charge in [0.1, 0.15) is 0 Å². The van der Waals surface area contributed by atoms with Crippen molar-refractivity contribution in [1.29, 1.82) is 5.26 Å². The van der Waals surface area contributed by atoms with Crippen LogP contribution in [0.25, 0.3) is 0 Å². The molecule has 140 valence electrons. The Balaban J connectivity index is 2.14. The number of nitrogens with zero attached hydrogens (tertiary/aromatic N) is 1. The first-order valence-electron chi connectivity index (χ1n) is 8.49. The lowest BCUT2D eigenvalue weighted by Gasteiger charge is -2.39. The summed E-state index contributed by atoms with van der Waals surface area (Å²) in [6.45, 7) is 4.06. The number of dihydropyridines is 1. The molecule has 1 atom stereocenters. The van der Waals surface area contributed by atoms with Gasteiger partial charge in [0.25, 0.3) is 0 Å². The zero-order valence-corrected chi connectivity index (χ0v) is 16.6. The highest BCUT2D eigenvalue weighted by atomic mass is 35.5. The highest BCUT2D eigenvalue weighted by Crippen LogP contribution is 2.47. The molecule has 0 radical (unpaired) electrons. The van der Waals surface area contributed by atoms with E-state index in [-0.39, 0.29) is 17.0 Å². The van der Waals surface area contributed by atoms with E-state index >= 15 is 0 Å². The number of nitrogens with one attached hydrogen (secondary N) is 1. The number of aliphatic carboxylic acids is 1. The molecule has 0 amide bonds. The highest BCUT2D eigenvalue weighted by molar-refractivity contribution is 8.03. The molecule has 3 rings (SSSR count). The van der Waals surface area contributed by atoms with Crippen LogP contribution in [0.4, 0.5) is 0 Å². The molecule has 0 bridgehead atoms. The average molecular weight is 403 g/mol. The Hall–Kier alpha value is -2.23. The van der Waals surface area contributed by atoms with E-state index in [1.807, 2.05) is 26.0 Å². The molecule has 1 unspecified atom stereocenters. The second-order valence-corrected chi connectivity index (χ2v) is 8.90. The van der Waals surface area contributed by atoms with Crippen molar-refractivity contribution in [3.63, 3.8) is 0 Å². The lowest BCUT2D eigenvalue weighted by molar-refractivity contribution is -0.133. The number of rotatable bonds is 4. The molecule has 27 heavy (non-hydrogen) atoms. The van der Waals surface area contributed by atoms with Crippen LogP contribution >= 0.6 is 23.4 Å². The summed E-state index contributed by atoms with van der Waals surface area (Å²) in [6, 6.07) is 9.29. The van der Waals surface area contributed by atoms with Crippen molar-refractivity contribution in [2.45, 2.75) is 32.6 Å². The van der Waals surface area contributed by atoms with E-state index in [1.165, 1.54) is 0 Å². The topological polar surface area (TPSA) is 90.2 Å². The van der Waals surface area contributed by atoms with Crippen molar-refractivity contribution in [3.8, 4) is 6.07 Å². The fourth-order valence-electron chi connectivity index (χ4n) is 3.61. The van der Waals surface area contributed by atoms with Gasteiger partial charge in [0.15, 0.2) is 5.78 Å². The van der Waals surface area contributed by atoms with Gasteiger partial charge in [-0.15, -0.1) is 0 Å². The SMILES string of the molecule is CC1(C)CC(=O)C2=C(C1)NC(SCC(=O)O)=C(C#N)C2c1ccc(Cl)cc1. The van der Waals surface area contributed by atoms with Crippen LogP contribution in [0, 0.1) is 16.7 Å². The average Bonchev–Trinajstić information content (AvgIpc) is 2.58. The molecule has 1 aliphatic carbocycles. The number of nitriles is 1. The van der Waals surface area contributed by atoms with Crippen LogP contribution in [0.2, 0.25) is 5.02 Å². The quantitative estimate of drug-likeness (QED) is 0.783. The predicted octanol–water partition coefficient (Wildman–Crippen LogP) is 4.22. The number of carbonyl (C=O) groups is 2. The number of Topliss-reactive ketones (excluding diaryl/α,β-unsaturated/α-hetero) is 1. The lowest BCUT2D eigenvalue weighted by Crippen LogP contribution is -2.37. The maximum Gasteiger partial charge on any atom is 0.313 e. The van der Waals surface area contributed by atoms with Gasteiger partial charge in [-0.3, -0.25) is 9.59 Å². The number of halogens is 1. The first-order valence-corrected chi connectivity index (χ1v) is 9.86. The summed E-state index contributed by atoms with van der Waals surface area (Å²) in [5.74, 6) is -1.62. The summed E-state index contributed by atoms with van der Waals surface area (Å²) in [4.78, 5) is 24.0. The Kier molecular flexibility index (Phi) is 5.36. The first-order chi connectivity index (χ1) is 12.7. The Morgan fingerprint density at radius 3 is 2.63 bits per heavy atom. The van der Waals surface area contributed by atoms with Crippen molar-refractivity contribution in [1.82, 2.24) is 5.32 Å². The summed E-state index contributed by atoms with van der Waals surface area (Å²) in [5, 5.41) is 23.1. The fraction of sp³-hybridized carbons (Fsp3) is 0.350. The number of carboxylic acid groups (broad SMARTS) is 1. The number of ketones is 1. The number of carbonyl (C=O) groups excluding carboxylic acids is 1. The molecule has 0 aromatic heterocycles. The van der Waals surface area contributed by atoms with Crippen molar-refractivity contribution in [2.24, 2.45) is 5.41 Å². The zero-order chi connectivity index (χ0) is 19.8. The third kappa shape index (κ3) is 4.05. The second kappa shape index (κ2) is 7.41. The molecule has 1 aliphatic heterocycles. The maximum atomic E-state index is 13.0. The van der Waals surface area contributed by atoms with E-state index < -0.39 is 11.9 Å². The molecule has 0 saturated carbocycles. The van der Waals surface area contributed by atoms with Gasteiger partial charge in [-0.2, -0.15) is 5.26 Å². The number of benzene rings is 1. The number of allylic oxidation sites excluding steroid dienone is 3. The van der Waals surface area contributed by atoms with Gasteiger partial charge in [0.2, 0.25) is 0 Å². The Morgan fingerprint density at radius 2 is 2.04 bits per heavy atom. The van der Waals surface area contributed by atoms with E-state index in [4.69, 9.17) is 16.7 Å². The van der Waals surface area contributed by atoms with Crippen LogP contribution in [0.1, 0.15) is 38.2 Å². The molecule has 2 aliphatic rings. The normalized spacial score (nSPS) is 21.4. The minimum Gasteiger partial charge on any atom is -0.481 e. The van der Waals surface area contributed by atoms with Crippen LogP contribution in [0.3, 0.4) is 0 Å². The van der Waals surface area contributed by atoms with Crippen LogP contribution in [0.15, 0.2) is 46.1 Å². The lowest BCUT2D eigenvalue weighted by atomic mass is 9.69. The first kappa shape index (κ1) is 19.5. The van der Waals surface area contributed by atoms with Gasteiger partial charge < -0.3 is 10.4 Å². The predicted molar refractivity (Wildman–Crippen MR) is 105 cm³/mol. The summed E-state index contributed by atoms with van der Waals surface area (Å²) in [7, 11) is 0. The minimum atomic E-state index is -0.963. The van der Waals surface area contributed by atoms with Gasteiger partial charge >= 0.3 is 5.97 Å². The molecule has 7 heteroatoms. The number of hydrogen-bond donors (Lipinski definition) is 2. The zero-order valence-electron chi connectivity index (χ0n) is 15.0. The molecular formula is C20H19ClN2O3S. The van der Waals surface area contributed by atoms with Crippen LogP contribution in [-0.4, -0.2) is 22.6 Å². The molecule has 0 saturated heterocycles. The molecular weight excluding hydrogens is 384 g/mol. The third-order valence-corrected chi connectivity index (χ3v) is 5.92. The Morgan fingerprint density at radius 1 is 1.37 bits per heavy atom. The molecule has 0 fully saturated rings. The van der Waals surface area contributed by atoms with Gasteiger partial charge in [0.05, 0.1) is 28.3 Å². The van der Waals surface area contributed by atoms with Gasteiger partial charge in [-0.05, 0) is 29.5 Å². The maximum absolute atomic E-state index is 13.0. The van der Waals surface area contributed by atoms with Gasteiger partial charge in [-0.25, -0.2) is 0 Å². The summed E-state index contributed by atoms with van der Waals surface area (Å²) >= 11 is 7.07. The monoisotopic (exact) mass is 402 g/mol. The summed E-state index contributed by atoms with van der Waals surface area (Å²) < 4.78 is 0. The van der Waals surface area contributed by atoms with E-state index in [9.17, 15) is 14.9 Å². The van der Waals surface area contributed by atoms with E-state index in [0.717, 1.165) is 23.0 Å². The number of hydrogen-bond acceptors (Lipinski definition) is 5. The Bertz CT molecular complexity index is 910. The standard InChI is InChI=1S/C20H19ClN2O3S/c1-20(2)7-14-18(15(24)8-20)17(11-3-5-12(21)6-4-11)13(9-22)19(23-14)27-10-16(25)26/h3-6,17,23H,7-8,10H2,1-2H3,(H,25,26). The summed E-state index contributed by atoms with van der Waals surface area (Å²) in [5.41, 5.74) is 2.36. The van der Waals surface area contributed by atoms with Crippen molar-refractivity contribution in [2.75, 3.05) is 5.75 Å². The van der Waals surface area contributed by atoms with Crippen molar-refractivity contribution in [3.05, 3.63) is 56.7 Å². The molecule has 1 aromatic rings. The minimum absolute atomic E-state index is 0.0173. The van der Waals surface area contributed by atoms with E-state index in [2.05, 4.69) is 11.4 Å². The van der Waals surface area contributed by atoms with Gasteiger partial charge in [-0.1, -0.05) is 49.3 Å². The van der Waals surface area contributed by atoms with E-state index in [1.54, 1.807) is 12.1 Å². The summed E-state index contributed by atoms with van der Waals surface area (Å²) in [6.07, 6.45) is 1.07. The number of thioether (sulfide) groups is 1. The fourth-order valence-corrected chi connectivity index (χ4v) is 4.52. The second-order valence-electron chi connectivity index (χ2n) is 7.48. The molecule has 1 heterocycles. The number of carboxylic acids is 1. The molecule has 2 N–H and O–H groups in total. The molecule has 1 aromatic carbocycles. The molecule has 5 nitrogen and oxygen atoms in total. The third-order valence-electron chi connectivity index (χ3n) is 4.67. The van der Waals surface area contributed by atoms with Crippen LogP contribution < -0.4 is 5.32 Å². The van der Waals surface area contributed by atoms with Gasteiger partial charge in [0, 0.05) is 22.7 Å². The largest absolute Gasteiger partial charge is 0.481 e. The van der Waals surface area contributed by atoms with Crippen molar-refractivity contribution >= 4 is 35.1 Å². The smallest absolute Gasteiger partial charge is 0.313 e. The molecule has 0 spiro atoms. The van der Waals surface area contributed by atoms with E-state index in [0.29, 0.717) is 34.0 Å².